The maximum Gasteiger partial charge on any atom is 0.249 e. The van der Waals surface area contributed by atoms with E-state index >= 15 is 0 Å². The van der Waals surface area contributed by atoms with Crippen LogP contribution in [0.1, 0.15) is 34.9 Å². The molecule has 1 saturated carbocycles. The molecule has 0 saturated heterocycles. The fraction of sp³-hybridized carbons (Fsp3) is 0.389. The standard InChI is InChI=1S/C18H17BrClF2N3S2/c19-14-15-17(27-16(14)10-3-4-18(21,22)7-11(10)23)12(6-13(20)25-15)24-8-9-2-1-5-26-9/h1-2,5-6,10-11H,3-4,7-8,23H2,(H,24,25)/t10-,11+/m1/s1. The number of aromatic nitrogens is 1. The lowest BCUT2D eigenvalue weighted by Crippen LogP contribution is -2.40. The largest absolute Gasteiger partial charge is 0.379 e. The fourth-order valence-electron chi connectivity index (χ4n) is 3.49. The molecule has 9 heteroatoms. The Morgan fingerprint density at radius 2 is 2.26 bits per heavy atom. The molecule has 3 aromatic heterocycles. The van der Waals surface area contributed by atoms with Gasteiger partial charge in [-0.1, -0.05) is 17.7 Å². The molecule has 0 aromatic carbocycles. The predicted molar refractivity (Wildman–Crippen MR) is 113 cm³/mol. The first-order valence-corrected chi connectivity index (χ1v) is 11.4. The number of fused-ring (bicyclic) bond motifs is 1. The number of thiophene rings is 2. The average Bonchev–Trinajstić information content (AvgIpc) is 3.21. The molecule has 4 rings (SSSR count). The van der Waals surface area contributed by atoms with Crippen LogP contribution in [0.2, 0.25) is 5.15 Å². The van der Waals surface area contributed by atoms with Gasteiger partial charge in [0.25, 0.3) is 0 Å². The summed E-state index contributed by atoms with van der Waals surface area (Å²) in [5.74, 6) is -2.78. The number of hydrogen-bond donors (Lipinski definition) is 2. The predicted octanol–water partition coefficient (Wildman–Crippen LogP) is 6.62. The summed E-state index contributed by atoms with van der Waals surface area (Å²) in [6, 6.07) is 5.31. The van der Waals surface area contributed by atoms with Crippen molar-refractivity contribution >= 4 is 66.1 Å². The Morgan fingerprint density at radius 1 is 1.44 bits per heavy atom. The highest BCUT2D eigenvalue weighted by Crippen LogP contribution is 2.48. The monoisotopic (exact) mass is 491 g/mol. The van der Waals surface area contributed by atoms with E-state index in [-0.39, 0.29) is 18.8 Å². The minimum atomic E-state index is -2.67. The van der Waals surface area contributed by atoms with Crippen LogP contribution in [0.15, 0.2) is 28.1 Å². The SMILES string of the molecule is N[C@H]1CC(F)(F)CC[C@H]1c1sc2c(NCc3cccs3)cc(Cl)nc2c1Br. The van der Waals surface area contributed by atoms with Gasteiger partial charge in [-0.2, -0.15) is 0 Å². The molecule has 1 aliphatic rings. The summed E-state index contributed by atoms with van der Waals surface area (Å²) in [6.07, 6.45) is -0.0506. The Kier molecular flexibility index (Phi) is 5.46. The van der Waals surface area contributed by atoms with Crippen molar-refractivity contribution in [3.63, 3.8) is 0 Å². The zero-order valence-electron chi connectivity index (χ0n) is 14.1. The molecule has 0 aliphatic heterocycles. The second kappa shape index (κ2) is 7.55. The van der Waals surface area contributed by atoms with Gasteiger partial charge in [-0.05, 0) is 33.8 Å². The third-order valence-electron chi connectivity index (χ3n) is 4.82. The number of anilines is 1. The Balaban J connectivity index is 1.69. The van der Waals surface area contributed by atoms with Crippen molar-refractivity contribution in [2.24, 2.45) is 5.73 Å². The molecule has 3 aromatic rings. The quantitative estimate of drug-likeness (QED) is 0.403. The third-order valence-corrected chi connectivity index (χ3v) is 8.30. The van der Waals surface area contributed by atoms with Gasteiger partial charge in [0, 0.05) is 47.2 Å². The highest BCUT2D eigenvalue weighted by Gasteiger charge is 2.41. The van der Waals surface area contributed by atoms with Crippen LogP contribution in [-0.2, 0) is 6.54 Å². The van der Waals surface area contributed by atoms with Crippen LogP contribution < -0.4 is 11.1 Å². The zero-order chi connectivity index (χ0) is 19.2. The highest BCUT2D eigenvalue weighted by atomic mass is 79.9. The van der Waals surface area contributed by atoms with Crippen molar-refractivity contribution in [1.29, 1.82) is 0 Å². The summed E-state index contributed by atoms with van der Waals surface area (Å²) in [6.45, 7) is 0.688. The molecule has 3 nitrogen and oxygen atoms in total. The van der Waals surface area contributed by atoms with Gasteiger partial charge in [-0.25, -0.2) is 13.8 Å². The smallest absolute Gasteiger partial charge is 0.249 e. The number of nitrogens with zero attached hydrogens (tertiary/aromatic N) is 1. The van der Waals surface area contributed by atoms with Gasteiger partial charge in [0.15, 0.2) is 0 Å². The van der Waals surface area contributed by atoms with Crippen LogP contribution in [0.5, 0.6) is 0 Å². The summed E-state index contributed by atoms with van der Waals surface area (Å²) in [4.78, 5) is 6.64. The van der Waals surface area contributed by atoms with Gasteiger partial charge < -0.3 is 11.1 Å². The van der Waals surface area contributed by atoms with Crippen LogP contribution in [0.3, 0.4) is 0 Å². The molecule has 2 atom stereocenters. The summed E-state index contributed by atoms with van der Waals surface area (Å²) in [5.41, 5.74) is 7.76. The fourth-order valence-corrected chi connectivity index (χ4v) is 6.62. The highest BCUT2D eigenvalue weighted by molar-refractivity contribution is 9.10. The molecule has 0 bridgehead atoms. The topological polar surface area (TPSA) is 50.9 Å². The number of halogens is 4. The van der Waals surface area contributed by atoms with Crippen LogP contribution >= 0.6 is 50.2 Å². The van der Waals surface area contributed by atoms with Crippen LogP contribution in [0, 0.1) is 0 Å². The lowest BCUT2D eigenvalue weighted by molar-refractivity contribution is -0.0444. The molecule has 1 aliphatic carbocycles. The molecule has 27 heavy (non-hydrogen) atoms. The van der Waals surface area contributed by atoms with E-state index in [9.17, 15) is 8.78 Å². The van der Waals surface area contributed by atoms with E-state index in [4.69, 9.17) is 17.3 Å². The first kappa shape index (κ1) is 19.5. The van der Waals surface area contributed by atoms with E-state index < -0.39 is 12.0 Å². The van der Waals surface area contributed by atoms with Crippen molar-refractivity contribution < 1.29 is 8.78 Å². The maximum atomic E-state index is 13.7. The lowest BCUT2D eigenvalue weighted by Gasteiger charge is -2.33. The maximum absolute atomic E-state index is 13.7. The van der Waals surface area contributed by atoms with Crippen LogP contribution in [-0.4, -0.2) is 16.9 Å². The number of nitrogens with two attached hydrogens (primary N) is 1. The lowest BCUT2D eigenvalue weighted by atomic mass is 9.82. The van der Waals surface area contributed by atoms with E-state index in [2.05, 4.69) is 32.3 Å². The third kappa shape index (κ3) is 4.00. The van der Waals surface area contributed by atoms with E-state index in [1.807, 2.05) is 11.4 Å². The Bertz CT molecular complexity index is 961. The average molecular weight is 493 g/mol. The Hall–Kier alpha value is -0.800. The van der Waals surface area contributed by atoms with Gasteiger partial charge in [-0.15, -0.1) is 22.7 Å². The minimum absolute atomic E-state index is 0.109. The Morgan fingerprint density at radius 3 is 2.96 bits per heavy atom. The van der Waals surface area contributed by atoms with Crippen molar-refractivity contribution in [3.8, 4) is 0 Å². The van der Waals surface area contributed by atoms with Gasteiger partial charge in [-0.3, -0.25) is 0 Å². The first-order chi connectivity index (χ1) is 12.8. The summed E-state index contributed by atoms with van der Waals surface area (Å²) < 4.78 is 29.1. The van der Waals surface area contributed by atoms with Crippen molar-refractivity contribution in [3.05, 3.63) is 43.0 Å². The summed E-state index contributed by atoms with van der Waals surface area (Å²) in [7, 11) is 0. The minimum Gasteiger partial charge on any atom is -0.379 e. The number of pyridine rings is 1. The normalized spacial score (nSPS) is 22.3. The molecule has 0 unspecified atom stereocenters. The van der Waals surface area contributed by atoms with Gasteiger partial charge in [0.2, 0.25) is 5.92 Å². The van der Waals surface area contributed by atoms with E-state index in [0.717, 1.165) is 25.3 Å². The molecule has 0 spiro atoms. The first-order valence-electron chi connectivity index (χ1n) is 8.52. The van der Waals surface area contributed by atoms with Gasteiger partial charge in [0.05, 0.1) is 20.4 Å². The van der Waals surface area contributed by atoms with Crippen LogP contribution in [0.25, 0.3) is 10.2 Å². The molecule has 144 valence electrons. The van der Waals surface area contributed by atoms with Crippen molar-refractivity contribution in [2.45, 2.75) is 43.7 Å². The van der Waals surface area contributed by atoms with E-state index in [1.165, 1.54) is 4.88 Å². The number of nitrogens with one attached hydrogen (secondary N) is 1. The number of hydrogen-bond acceptors (Lipinski definition) is 5. The van der Waals surface area contributed by atoms with Crippen molar-refractivity contribution in [1.82, 2.24) is 4.98 Å². The molecule has 0 radical (unpaired) electrons. The molecule has 1 fully saturated rings. The second-order valence-corrected chi connectivity index (χ2v) is 10.0. The van der Waals surface area contributed by atoms with E-state index in [0.29, 0.717) is 18.1 Å². The number of rotatable bonds is 4. The number of alkyl halides is 2. The molecule has 3 heterocycles. The second-order valence-electron chi connectivity index (χ2n) is 6.75. The zero-order valence-corrected chi connectivity index (χ0v) is 18.1. The van der Waals surface area contributed by atoms with Gasteiger partial charge in [0.1, 0.15) is 5.15 Å². The summed E-state index contributed by atoms with van der Waals surface area (Å²) >= 11 is 13.1. The van der Waals surface area contributed by atoms with Gasteiger partial charge >= 0.3 is 0 Å². The Labute approximate surface area is 177 Å². The summed E-state index contributed by atoms with van der Waals surface area (Å²) in [5, 5.41) is 5.85. The molecular formula is C18H17BrClF2N3S2. The molecule has 0 amide bonds. The molecular weight excluding hydrogens is 476 g/mol. The van der Waals surface area contributed by atoms with E-state index in [1.54, 1.807) is 28.7 Å². The molecule has 3 N–H and O–H groups in total. The van der Waals surface area contributed by atoms with Crippen LogP contribution in [0.4, 0.5) is 14.5 Å². The van der Waals surface area contributed by atoms with Crippen molar-refractivity contribution in [2.75, 3.05) is 5.32 Å².